The number of hydrogen-bond donors (Lipinski definition) is 2. The lowest BCUT2D eigenvalue weighted by atomic mass is 10.0. The molecule has 0 aromatic heterocycles. The van der Waals surface area contributed by atoms with Gasteiger partial charge >= 0.3 is 0 Å². The van der Waals surface area contributed by atoms with Gasteiger partial charge in [0.25, 0.3) is 0 Å². The van der Waals surface area contributed by atoms with Crippen LogP contribution in [0.25, 0.3) is 0 Å². The van der Waals surface area contributed by atoms with Crippen molar-refractivity contribution < 1.29 is 9.53 Å². The van der Waals surface area contributed by atoms with Gasteiger partial charge in [0.05, 0.1) is 11.4 Å². The Labute approximate surface area is 95.5 Å². The third-order valence-electron chi connectivity index (χ3n) is 2.79. The van der Waals surface area contributed by atoms with Crippen molar-refractivity contribution in [3.63, 3.8) is 0 Å². The summed E-state index contributed by atoms with van der Waals surface area (Å²) < 4.78 is 5.04. The molecule has 5 heteroatoms. The number of thiocarbonyl (C=S) groups is 1. The molecule has 0 aliphatic heterocycles. The van der Waals surface area contributed by atoms with Crippen molar-refractivity contribution in [3.8, 4) is 0 Å². The normalized spacial score (nSPS) is 17.1. The summed E-state index contributed by atoms with van der Waals surface area (Å²) in [5.74, 6) is -0.0776. The highest BCUT2D eigenvalue weighted by Gasteiger charge is 2.41. The quantitative estimate of drug-likeness (QED) is 0.628. The molecule has 15 heavy (non-hydrogen) atoms. The second-order valence-corrected chi connectivity index (χ2v) is 4.69. The number of carbonyl (C=O) groups excluding carboxylic acids is 1. The monoisotopic (exact) mass is 230 g/mol. The number of carbonyl (C=O) groups is 1. The minimum absolute atomic E-state index is 0.0776. The van der Waals surface area contributed by atoms with E-state index in [1.165, 1.54) is 12.8 Å². The van der Waals surface area contributed by atoms with E-state index in [0.717, 1.165) is 19.6 Å². The molecule has 0 bridgehead atoms. The SMILES string of the molecule is COCCC1(CNC(=O)CC(N)=S)CC1. The van der Waals surface area contributed by atoms with E-state index in [1.807, 2.05) is 0 Å². The Bertz CT molecular complexity index is 252. The van der Waals surface area contributed by atoms with Gasteiger partial charge in [0, 0.05) is 20.3 Å². The summed E-state index contributed by atoms with van der Waals surface area (Å²) in [5, 5.41) is 2.86. The van der Waals surface area contributed by atoms with Gasteiger partial charge in [-0.2, -0.15) is 0 Å². The van der Waals surface area contributed by atoms with Crippen LogP contribution in [0.1, 0.15) is 25.7 Å². The number of nitrogens with one attached hydrogen (secondary N) is 1. The van der Waals surface area contributed by atoms with Gasteiger partial charge in [-0.15, -0.1) is 0 Å². The van der Waals surface area contributed by atoms with Crippen LogP contribution in [0.2, 0.25) is 0 Å². The molecule has 86 valence electrons. The molecule has 0 spiro atoms. The van der Waals surface area contributed by atoms with Crippen molar-refractivity contribution in [2.24, 2.45) is 11.1 Å². The summed E-state index contributed by atoms with van der Waals surface area (Å²) in [5.41, 5.74) is 5.56. The molecule has 0 unspecified atom stereocenters. The van der Waals surface area contributed by atoms with Crippen LogP contribution in [0, 0.1) is 5.41 Å². The Morgan fingerprint density at radius 2 is 2.27 bits per heavy atom. The molecule has 1 fully saturated rings. The van der Waals surface area contributed by atoms with Crippen molar-refractivity contribution >= 4 is 23.1 Å². The van der Waals surface area contributed by atoms with Crippen molar-refractivity contribution in [1.29, 1.82) is 0 Å². The standard InChI is InChI=1S/C10H18N2O2S/c1-14-5-4-10(2-3-10)7-12-9(13)6-8(11)15/h2-7H2,1H3,(H2,11,15)(H,12,13). The predicted octanol–water partition coefficient (Wildman–Crippen LogP) is 0.595. The average Bonchev–Trinajstić information content (AvgIpc) is 2.92. The largest absolute Gasteiger partial charge is 0.393 e. The molecule has 0 radical (unpaired) electrons. The molecule has 4 nitrogen and oxygen atoms in total. The number of nitrogens with two attached hydrogens (primary N) is 1. The molecule has 0 heterocycles. The summed E-state index contributed by atoms with van der Waals surface area (Å²) >= 11 is 4.66. The number of ether oxygens (including phenoxy) is 1. The van der Waals surface area contributed by atoms with Gasteiger partial charge in [-0.3, -0.25) is 4.79 Å². The molecular formula is C10H18N2O2S. The molecule has 1 rings (SSSR count). The fourth-order valence-corrected chi connectivity index (χ4v) is 1.65. The highest BCUT2D eigenvalue weighted by Crippen LogP contribution is 2.48. The van der Waals surface area contributed by atoms with Gasteiger partial charge in [0.2, 0.25) is 5.91 Å². The lowest BCUT2D eigenvalue weighted by molar-refractivity contribution is -0.120. The number of hydrogen-bond acceptors (Lipinski definition) is 3. The topological polar surface area (TPSA) is 64.3 Å². The Morgan fingerprint density at radius 1 is 1.60 bits per heavy atom. The fourth-order valence-electron chi connectivity index (χ4n) is 1.52. The van der Waals surface area contributed by atoms with E-state index >= 15 is 0 Å². The van der Waals surface area contributed by atoms with Crippen LogP contribution in [-0.4, -0.2) is 31.2 Å². The van der Waals surface area contributed by atoms with Crippen LogP contribution in [-0.2, 0) is 9.53 Å². The maximum absolute atomic E-state index is 11.3. The molecule has 1 aliphatic carbocycles. The molecule has 0 saturated heterocycles. The van der Waals surface area contributed by atoms with E-state index in [9.17, 15) is 4.79 Å². The van der Waals surface area contributed by atoms with Crippen LogP contribution in [0.3, 0.4) is 0 Å². The first-order valence-electron chi connectivity index (χ1n) is 5.12. The van der Waals surface area contributed by atoms with Gasteiger partial charge in [0.1, 0.15) is 0 Å². The first-order chi connectivity index (χ1) is 7.08. The minimum Gasteiger partial charge on any atom is -0.393 e. The lowest BCUT2D eigenvalue weighted by Crippen LogP contribution is -2.33. The maximum atomic E-state index is 11.3. The van der Waals surface area contributed by atoms with Crippen molar-refractivity contribution in [2.75, 3.05) is 20.3 Å². The van der Waals surface area contributed by atoms with E-state index in [4.69, 9.17) is 10.5 Å². The van der Waals surface area contributed by atoms with Crippen LogP contribution >= 0.6 is 12.2 Å². The average molecular weight is 230 g/mol. The van der Waals surface area contributed by atoms with Gasteiger partial charge in [-0.05, 0) is 24.7 Å². The highest BCUT2D eigenvalue weighted by molar-refractivity contribution is 7.80. The van der Waals surface area contributed by atoms with Crippen molar-refractivity contribution in [3.05, 3.63) is 0 Å². The first-order valence-corrected chi connectivity index (χ1v) is 5.53. The Hall–Kier alpha value is -0.680. The predicted molar refractivity (Wildman–Crippen MR) is 62.6 cm³/mol. The summed E-state index contributed by atoms with van der Waals surface area (Å²) in [7, 11) is 1.70. The zero-order valence-electron chi connectivity index (χ0n) is 9.04. The maximum Gasteiger partial charge on any atom is 0.226 e. The lowest BCUT2D eigenvalue weighted by Gasteiger charge is -2.15. The summed E-state index contributed by atoms with van der Waals surface area (Å²) in [6.45, 7) is 1.48. The van der Waals surface area contributed by atoms with E-state index in [2.05, 4.69) is 17.5 Å². The molecular weight excluding hydrogens is 212 g/mol. The van der Waals surface area contributed by atoms with Gasteiger partial charge in [-0.25, -0.2) is 0 Å². The molecule has 1 saturated carbocycles. The van der Waals surface area contributed by atoms with Crippen molar-refractivity contribution in [1.82, 2.24) is 5.32 Å². The smallest absolute Gasteiger partial charge is 0.226 e. The van der Waals surface area contributed by atoms with Gasteiger partial charge in [0.15, 0.2) is 0 Å². The van der Waals surface area contributed by atoms with Crippen LogP contribution < -0.4 is 11.1 Å². The molecule has 3 N–H and O–H groups in total. The van der Waals surface area contributed by atoms with E-state index in [0.29, 0.717) is 0 Å². The van der Waals surface area contributed by atoms with Gasteiger partial charge in [-0.1, -0.05) is 12.2 Å². The molecule has 0 aromatic carbocycles. The number of methoxy groups -OCH3 is 1. The summed E-state index contributed by atoms with van der Waals surface area (Å²) in [6.07, 6.45) is 3.50. The Kier molecular flexibility index (Phi) is 4.47. The third-order valence-corrected chi connectivity index (χ3v) is 2.93. The number of rotatable bonds is 7. The number of amides is 1. The second-order valence-electron chi connectivity index (χ2n) is 4.16. The molecule has 0 aromatic rings. The summed E-state index contributed by atoms with van der Waals surface area (Å²) in [6, 6.07) is 0. The van der Waals surface area contributed by atoms with E-state index in [-0.39, 0.29) is 22.7 Å². The third kappa shape index (κ3) is 4.57. The summed E-state index contributed by atoms with van der Waals surface area (Å²) in [4.78, 5) is 11.5. The fraction of sp³-hybridized carbons (Fsp3) is 0.800. The minimum atomic E-state index is -0.0776. The van der Waals surface area contributed by atoms with Crippen LogP contribution in [0.5, 0.6) is 0 Å². The van der Waals surface area contributed by atoms with E-state index in [1.54, 1.807) is 7.11 Å². The van der Waals surface area contributed by atoms with Crippen LogP contribution in [0.15, 0.2) is 0 Å². The van der Waals surface area contributed by atoms with Crippen LogP contribution in [0.4, 0.5) is 0 Å². The second kappa shape index (κ2) is 5.42. The molecule has 1 amide bonds. The van der Waals surface area contributed by atoms with Crippen molar-refractivity contribution in [2.45, 2.75) is 25.7 Å². The first kappa shape index (κ1) is 12.4. The zero-order valence-corrected chi connectivity index (χ0v) is 9.86. The Balaban J connectivity index is 2.18. The molecule has 1 aliphatic rings. The highest BCUT2D eigenvalue weighted by atomic mass is 32.1. The zero-order chi connectivity index (χ0) is 11.3. The van der Waals surface area contributed by atoms with E-state index < -0.39 is 0 Å². The van der Waals surface area contributed by atoms with Gasteiger partial charge < -0.3 is 15.8 Å². The Morgan fingerprint density at radius 3 is 2.73 bits per heavy atom. The molecule has 0 atom stereocenters.